The molecule has 1 aliphatic carbocycles. The zero-order valence-electron chi connectivity index (χ0n) is 14.6. The Kier molecular flexibility index (Phi) is 4.63. The first kappa shape index (κ1) is 17.3. The van der Waals surface area contributed by atoms with Crippen molar-refractivity contribution in [2.24, 2.45) is 0 Å². The van der Waals surface area contributed by atoms with Gasteiger partial charge in [0.25, 0.3) is 0 Å². The summed E-state index contributed by atoms with van der Waals surface area (Å²) in [6.07, 6.45) is 3.12. The maximum Gasteiger partial charge on any atom is 0.191 e. The highest BCUT2D eigenvalue weighted by Crippen LogP contribution is 2.38. The maximum atomic E-state index is 15.0. The predicted molar refractivity (Wildman–Crippen MR) is 101 cm³/mol. The van der Waals surface area contributed by atoms with Crippen LogP contribution in [0.2, 0.25) is 0 Å². The van der Waals surface area contributed by atoms with Crippen LogP contribution in [0.3, 0.4) is 0 Å². The summed E-state index contributed by atoms with van der Waals surface area (Å²) in [4.78, 5) is 0. The molecule has 136 valence electrons. The highest BCUT2D eigenvalue weighted by atomic mass is 19.1. The number of halogens is 2. The normalized spacial score (nSPS) is 13.0. The second-order valence-electron chi connectivity index (χ2n) is 6.51. The van der Waals surface area contributed by atoms with E-state index in [4.69, 9.17) is 4.74 Å². The van der Waals surface area contributed by atoms with Crippen LogP contribution in [-0.2, 0) is 13.0 Å². The van der Waals surface area contributed by atoms with Gasteiger partial charge in [-0.3, -0.25) is 0 Å². The molecule has 0 unspecified atom stereocenters. The number of allylic oxidation sites excluding steroid dienone is 1. The lowest BCUT2D eigenvalue weighted by molar-refractivity contribution is 0.273. The molecule has 1 aliphatic rings. The molecule has 0 fully saturated rings. The predicted octanol–water partition coefficient (Wildman–Crippen LogP) is 5.63. The van der Waals surface area contributed by atoms with E-state index in [0.717, 1.165) is 16.7 Å². The van der Waals surface area contributed by atoms with E-state index >= 15 is 4.39 Å². The van der Waals surface area contributed by atoms with E-state index in [1.54, 1.807) is 24.3 Å². The molecule has 0 radical (unpaired) electrons. The number of hydrogen-bond donors (Lipinski definition) is 1. The lowest BCUT2D eigenvalue weighted by Crippen LogP contribution is -2.09. The number of phenols is 1. The second-order valence-corrected chi connectivity index (χ2v) is 6.51. The van der Waals surface area contributed by atoms with Crippen molar-refractivity contribution in [1.29, 1.82) is 0 Å². The second kappa shape index (κ2) is 7.23. The molecule has 0 aromatic heterocycles. The van der Waals surface area contributed by atoms with Crippen molar-refractivity contribution in [2.45, 2.75) is 19.4 Å². The maximum absolute atomic E-state index is 15.0. The largest absolute Gasteiger partial charge is 0.508 e. The topological polar surface area (TPSA) is 29.5 Å². The van der Waals surface area contributed by atoms with Crippen molar-refractivity contribution in [1.82, 2.24) is 0 Å². The number of rotatable bonds is 4. The van der Waals surface area contributed by atoms with Crippen LogP contribution in [0.1, 0.15) is 28.7 Å². The summed E-state index contributed by atoms with van der Waals surface area (Å²) < 4.78 is 35.2. The number of fused-ring (bicyclic) bond motifs is 1. The number of aromatic hydroxyl groups is 1. The van der Waals surface area contributed by atoms with Gasteiger partial charge in [-0.25, -0.2) is 8.78 Å². The molecular formula is C23H18F2O2. The summed E-state index contributed by atoms with van der Waals surface area (Å²) >= 11 is 0. The van der Waals surface area contributed by atoms with E-state index in [2.05, 4.69) is 0 Å². The molecule has 0 aliphatic heterocycles. The van der Waals surface area contributed by atoms with Crippen molar-refractivity contribution >= 4 is 5.57 Å². The monoisotopic (exact) mass is 364 g/mol. The standard InChI is InChI=1S/C23H18F2O2/c24-21-13-20-18(16-9-11-17(26)12-10-16)7-4-8-19(20)22(25)23(21)27-14-15-5-2-1-3-6-15/h1-3,5-7,9-13,26H,4,8,14H2. The van der Waals surface area contributed by atoms with Crippen LogP contribution >= 0.6 is 0 Å². The summed E-state index contributed by atoms with van der Waals surface area (Å²) in [5.74, 6) is -1.53. The van der Waals surface area contributed by atoms with Gasteiger partial charge in [-0.1, -0.05) is 48.5 Å². The third-order valence-corrected chi connectivity index (χ3v) is 4.71. The molecule has 3 aromatic carbocycles. The van der Waals surface area contributed by atoms with Crippen LogP contribution in [0.5, 0.6) is 11.5 Å². The minimum absolute atomic E-state index is 0.105. The van der Waals surface area contributed by atoms with E-state index in [9.17, 15) is 9.50 Å². The van der Waals surface area contributed by atoms with Crippen LogP contribution in [0.15, 0.2) is 66.7 Å². The molecule has 0 spiro atoms. The number of ether oxygens (including phenoxy) is 1. The number of hydrogen-bond acceptors (Lipinski definition) is 2. The molecule has 0 saturated heterocycles. The Balaban J connectivity index is 1.69. The summed E-state index contributed by atoms with van der Waals surface area (Å²) in [6.45, 7) is 0.105. The molecule has 0 saturated carbocycles. The van der Waals surface area contributed by atoms with Crippen LogP contribution in [-0.4, -0.2) is 5.11 Å². The Morgan fingerprint density at radius 2 is 1.70 bits per heavy atom. The van der Waals surface area contributed by atoms with Gasteiger partial charge in [-0.05, 0) is 53.3 Å². The smallest absolute Gasteiger partial charge is 0.191 e. The van der Waals surface area contributed by atoms with E-state index in [0.29, 0.717) is 24.0 Å². The average Bonchev–Trinajstić information content (AvgIpc) is 2.69. The molecular weight excluding hydrogens is 346 g/mol. The highest BCUT2D eigenvalue weighted by molar-refractivity contribution is 5.83. The van der Waals surface area contributed by atoms with Crippen molar-refractivity contribution in [3.8, 4) is 11.5 Å². The van der Waals surface area contributed by atoms with Crippen molar-refractivity contribution in [3.05, 3.63) is 101 Å². The average molecular weight is 364 g/mol. The summed E-state index contributed by atoms with van der Waals surface area (Å²) in [6, 6.07) is 17.2. The lowest BCUT2D eigenvalue weighted by Gasteiger charge is -2.21. The van der Waals surface area contributed by atoms with Gasteiger partial charge in [0.1, 0.15) is 12.4 Å². The molecule has 1 N–H and O–H groups in total. The molecule has 27 heavy (non-hydrogen) atoms. The van der Waals surface area contributed by atoms with Crippen molar-refractivity contribution in [2.75, 3.05) is 0 Å². The molecule has 4 heteroatoms. The Morgan fingerprint density at radius 3 is 2.44 bits per heavy atom. The summed E-state index contributed by atoms with van der Waals surface area (Å²) in [5, 5.41) is 9.47. The van der Waals surface area contributed by atoms with Crippen molar-refractivity contribution < 1.29 is 18.6 Å². The fourth-order valence-corrected chi connectivity index (χ4v) is 3.37. The summed E-state index contributed by atoms with van der Waals surface area (Å²) in [5.41, 5.74) is 3.42. The zero-order chi connectivity index (χ0) is 18.8. The van der Waals surface area contributed by atoms with E-state index in [-0.39, 0.29) is 18.1 Å². The lowest BCUT2D eigenvalue weighted by atomic mass is 9.86. The van der Waals surface area contributed by atoms with Gasteiger partial charge in [0.05, 0.1) is 0 Å². The molecule has 2 nitrogen and oxygen atoms in total. The van der Waals surface area contributed by atoms with Gasteiger partial charge in [-0.2, -0.15) is 0 Å². The first-order chi connectivity index (χ1) is 13.1. The molecule has 4 rings (SSSR count). The SMILES string of the molecule is Oc1ccc(C2=CCCc3c2cc(F)c(OCc2ccccc2)c3F)cc1. The first-order valence-electron chi connectivity index (χ1n) is 8.81. The Morgan fingerprint density at radius 1 is 0.963 bits per heavy atom. The fourth-order valence-electron chi connectivity index (χ4n) is 3.37. The highest BCUT2D eigenvalue weighted by Gasteiger charge is 2.24. The van der Waals surface area contributed by atoms with Crippen LogP contribution < -0.4 is 4.74 Å². The van der Waals surface area contributed by atoms with Gasteiger partial charge in [0, 0.05) is 5.56 Å². The third kappa shape index (κ3) is 3.43. The third-order valence-electron chi connectivity index (χ3n) is 4.71. The Labute approximate surface area is 156 Å². The molecule has 0 heterocycles. The summed E-state index contributed by atoms with van der Waals surface area (Å²) in [7, 11) is 0. The van der Waals surface area contributed by atoms with Crippen LogP contribution in [0.25, 0.3) is 5.57 Å². The van der Waals surface area contributed by atoms with E-state index in [1.165, 1.54) is 6.07 Å². The van der Waals surface area contributed by atoms with Gasteiger partial charge >= 0.3 is 0 Å². The molecule has 0 atom stereocenters. The Hall–Kier alpha value is -3.14. The minimum atomic E-state index is -0.714. The van der Waals surface area contributed by atoms with E-state index in [1.807, 2.05) is 36.4 Å². The zero-order valence-corrected chi connectivity index (χ0v) is 14.6. The molecule has 0 amide bonds. The van der Waals surface area contributed by atoms with Gasteiger partial charge in [0.2, 0.25) is 0 Å². The number of phenolic OH excluding ortho intramolecular Hbond substituents is 1. The van der Waals surface area contributed by atoms with Crippen LogP contribution in [0, 0.1) is 11.6 Å². The van der Waals surface area contributed by atoms with Gasteiger partial charge in [-0.15, -0.1) is 0 Å². The molecule has 0 bridgehead atoms. The van der Waals surface area contributed by atoms with Crippen molar-refractivity contribution in [3.63, 3.8) is 0 Å². The van der Waals surface area contributed by atoms with Crippen LogP contribution in [0.4, 0.5) is 8.78 Å². The fraction of sp³-hybridized carbons (Fsp3) is 0.130. The van der Waals surface area contributed by atoms with Gasteiger partial charge < -0.3 is 9.84 Å². The molecule has 3 aromatic rings. The minimum Gasteiger partial charge on any atom is -0.508 e. The first-order valence-corrected chi connectivity index (χ1v) is 8.81. The van der Waals surface area contributed by atoms with Gasteiger partial charge in [0.15, 0.2) is 17.4 Å². The number of benzene rings is 3. The quantitative estimate of drug-likeness (QED) is 0.650. The van der Waals surface area contributed by atoms with E-state index < -0.39 is 11.6 Å². The Bertz CT molecular complexity index is 993.